The van der Waals surface area contributed by atoms with Crippen molar-refractivity contribution in [3.63, 3.8) is 0 Å². The third-order valence-electron chi connectivity index (χ3n) is 4.23. The van der Waals surface area contributed by atoms with Crippen molar-refractivity contribution >= 4 is 21.6 Å². The van der Waals surface area contributed by atoms with E-state index >= 15 is 0 Å². The minimum Gasteiger partial charge on any atom is -0.324 e. The van der Waals surface area contributed by atoms with Crippen LogP contribution < -0.4 is 5.32 Å². The number of hydrogen-bond donors (Lipinski definition) is 1. The summed E-state index contributed by atoms with van der Waals surface area (Å²) in [5.41, 5.74) is 1.18. The fourth-order valence-electron chi connectivity index (χ4n) is 2.79. The first-order chi connectivity index (χ1) is 13.9. The van der Waals surface area contributed by atoms with Gasteiger partial charge in [0.05, 0.1) is 4.90 Å². The Morgan fingerprint density at radius 2 is 1.79 bits per heavy atom. The summed E-state index contributed by atoms with van der Waals surface area (Å²) in [4.78, 5) is 13.7. The molecular weight excluding hydrogens is 392 g/mol. The van der Waals surface area contributed by atoms with Crippen molar-refractivity contribution in [3.05, 3.63) is 54.6 Å². The van der Waals surface area contributed by atoms with Crippen LogP contribution in [0.5, 0.6) is 0 Å². The number of rotatable bonds is 8. The van der Waals surface area contributed by atoms with Crippen LogP contribution in [0, 0.1) is 0 Å². The van der Waals surface area contributed by atoms with Crippen LogP contribution in [0.2, 0.25) is 0 Å². The van der Waals surface area contributed by atoms with Crippen molar-refractivity contribution in [2.45, 2.75) is 25.3 Å². The number of aromatic nitrogens is 4. The molecule has 0 aliphatic heterocycles. The quantitative estimate of drug-likeness (QED) is 0.604. The minimum absolute atomic E-state index is 0.129. The zero-order valence-electron chi connectivity index (χ0n) is 16.2. The fourth-order valence-corrected chi connectivity index (χ4v) is 4.29. The standard InChI is InChI=1S/C19H22N6O3S/c1-3-24(4-2)29(27,28)17-12-8-11-16(13-17)20-18(26)14-25-22-19(21-23-25)15-9-6-5-7-10-15/h5-13H,3-4,14H2,1-2H3,(H,20,26). The zero-order valence-corrected chi connectivity index (χ0v) is 17.0. The molecule has 0 atom stereocenters. The van der Waals surface area contributed by atoms with Gasteiger partial charge in [0.2, 0.25) is 21.8 Å². The van der Waals surface area contributed by atoms with Gasteiger partial charge in [-0.25, -0.2) is 8.42 Å². The van der Waals surface area contributed by atoms with Gasteiger partial charge in [0.1, 0.15) is 6.54 Å². The predicted octanol–water partition coefficient (Wildman–Crippen LogP) is 2.01. The molecule has 9 nitrogen and oxygen atoms in total. The summed E-state index contributed by atoms with van der Waals surface area (Å²) in [6, 6.07) is 15.5. The summed E-state index contributed by atoms with van der Waals surface area (Å²) >= 11 is 0. The van der Waals surface area contributed by atoms with Gasteiger partial charge >= 0.3 is 0 Å². The van der Waals surface area contributed by atoms with Crippen molar-refractivity contribution in [2.75, 3.05) is 18.4 Å². The van der Waals surface area contributed by atoms with Crippen molar-refractivity contribution in [2.24, 2.45) is 0 Å². The summed E-state index contributed by atoms with van der Waals surface area (Å²) < 4.78 is 26.6. The Kier molecular flexibility index (Phi) is 6.35. The van der Waals surface area contributed by atoms with Crippen LogP contribution in [0.15, 0.2) is 59.5 Å². The molecule has 0 unspecified atom stereocenters. The maximum absolute atomic E-state index is 12.6. The second kappa shape index (κ2) is 8.93. The monoisotopic (exact) mass is 414 g/mol. The van der Waals surface area contributed by atoms with Gasteiger partial charge in [-0.3, -0.25) is 4.79 Å². The molecule has 0 aliphatic carbocycles. The Morgan fingerprint density at radius 1 is 1.07 bits per heavy atom. The third kappa shape index (κ3) is 4.84. The van der Waals surface area contributed by atoms with Crippen LogP contribution in [0.4, 0.5) is 5.69 Å². The van der Waals surface area contributed by atoms with Crippen LogP contribution in [0.25, 0.3) is 11.4 Å². The van der Waals surface area contributed by atoms with E-state index in [0.29, 0.717) is 24.6 Å². The lowest BCUT2D eigenvalue weighted by Gasteiger charge is -2.18. The molecule has 3 rings (SSSR count). The number of carbonyl (C=O) groups is 1. The highest BCUT2D eigenvalue weighted by molar-refractivity contribution is 7.89. The molecule has 152 valence electrons. The minimum atomic E-state index is -3.60. The topological polar surface area (TPSA) is 110 Å². The summed E-state index contributed by atoms with van der Waals surface area (Å²) in [5, 5.41) is 14.7. The van der Waals surface area contributed by atoms with Crippen LogP contribution in [0.1, 0.15) is 13.8 Å². The number of amides is 1. The number of hydrogen-bond acceptors (Lipinski definition) is 6. The summed E-state index contributed by atoms with van der Waals surface area (Å²) in [6.45, 7) is 4.16. The zero-order chi connectivity index (χ0) is 20.9. The first-order valence-electron chi connectivity index (χ1n) is 9.17. The van der Waals surface area contributed by atoms with Gasteiger partial charge < -0.3 is 5.32 Å². The largest absolute Gasteiger partial charge is 0.324 e. The SMILES string of the molecule is CCN(CC)S(=O)(=O)c1cccc(NC(=O)Cn2nnc(-c3ccccc3)n2)c1. The predicted molar refractivity (Wildman–Crippen MR) is 108 cm³/mol. The fraction of sp³-hybridized carbons (Fsp3) is 0.263. The smallest absolute Gasteiger partial charge is 0.248 e. The van der Waals surface area contributed by atoms with Gasteiger partial charge in [0.25, 0.3) is 0 Å². The Balaban J connectivity index is 1.70. The molecule has 0 saturated carbocycles. The number of sulfonamides is 1. The lowest BCUT2D eigenvalue weighted by atomic mass is 10.2. The Hall–Kier alpha value is -3.11. The van der Waals surface area contributed by atoms with Crippen LogP contribution in [-0.2, 0) is 21.4 Å². The molecule has 0 radical (unpaired) electrons. The average molecular weight is 414 g/mol. The molecule has 1 amide bonds. The normalized spacial score (nSPS) is 11.6. The highest BCUT2D eigenvalue weighted by Gasteiger charge is 2.22. The third-order valence-corrected chi connectivity index (χ3v) is 6.28. The number of anilines is 1. The van der Waals surface area contributed by atoms with Gasteiger partial charge in [0, 0.05) is 24.3 Å². The maximum Gasteiger partial charge on any atom is 0.248 e. The number of nitrogens with zero attached hydrogens (tertiary/aromatic N) is 5. The maximum atomic E-state index is 12.6. The lowest BCUT2D eigenvalue weighted by molar-refractivity contribution is -0.117. The Labute approximate surface area is 169 Å². The van der Waals surface area contributed by atoms with E-state index in [2.05, 4.69) is 20.7 Å². The van der Waals surface area contributed by atoms with Gasteiger partial charge in [-0.05, 0) is 23.4 Å². The second-order valence-electron chi connectivity index (χ2n) is 6.17. The van der Waals surface area contributed by atoms with Gasteiger partial charge in [0.15, 0.2) is 0 Å². The van der Waals surface area contributed by atoms with Gasteiger partial charge in [-0.15, -0.1) is 10.2 Å². The Morgan fingerprint density at radius 3 is 2.48 bits per heavy atom. The molecule has 29 heavy (non-hydrogen) atoms. The lowest BCUT2D eigenvalue weighted by Crippen LogP contribution is -2.30. The number of carbonyl (C=O) groups excluding carboxylic acids is 1. The second-order valence-corrected chi connectivity index (χ2v) is 8.11. The van der Waals surface area contributed by atoms with Crippen LogP contribution in [-0.4, -0.2) is 51.9 Å². The first kappa shape index (κ1) is 20.6. The van der Waals surface area contributed by atoms with Crippen molar-refractivity contribution in [1.29, 1.82) is 0 Å². The van der Waals surface area contributed by atoms with E-state index in [1.54, 1.807) is 26.0 Å². The molecule has 2 aromatic carbocycles. The van der Waals surface area contributed by atoms with E-state index in [9.17, 15) is 13.2 Å². The van der Waals surface area contributed by atoms with Crippen LogP contribution in [0.3, 0.4) is 0 Å². The number of benzene rings is 2. The molecule has 1 heterocycles. The van der Waals surface area contributed by atoms with E-state index in [1.807, 2.05) is 30.3 Å². The van der Waals surface area contributed by atoms with Crippen molar-refractivity contribution < 1.29 is 13.2 Å². The molecule has 1 aromatic heterocycles. The molecule has 0 spiro atoms. The highest BCUT2D eigenvalue weighted by Crippen LogP contribution is 2.19. The van der Waals surface area contributed by atoms with Crippen LogP contribution >= 0.6 is 0 Å². The summed E-state index contributed by atoms with van der Waals surface area (Å²) in [6.07, 6.45) is 0. The van der Waals surface area contributed by atoms with Gasteiger partial charge in [-0.1, -0.05) is 50.2 Å². The van der Waals surface area contributed by atoms with E-state index in [4.69, 9.17) is 0 Å². The molecule has 0 bridgehead atoms. The summed E-state index contributed by atoms with van der Waals surface area (Å²) in [7, 11) is -3.60. The van der Waals surface area contributed by atoms with Crippen molar-refractivity contribution in [1.82, 2.24) is 24.5 Å². The molecule has 0 aliphatic rings. The molecule has 1 N–H and O–H groups in total. The van der Waals surface area contributed by atoms with Crippen molar-refractivity contribution in [3.8, 4) is 11.4 Å². The van der Waals surface area contributed by atoms with E-state index < -0.39 is 10.0 Å². The van der Waals surface area contributed by atoms with E-state index in [0.717, 1.165) is 5.56 Å². The van der Waals surface area contributed by atoms with Gasteiger partial charge in [-0.2, -0.15) is 9.10 Å². The van der Waals surface area contributed by atoms with E-state index in [-0.39, 0.29) is 17.3 Å². The van der Waals surface area contributed by atoms with E-state index in [1.165, 1.54) is 21.2 Å². The number of tetrazole rings is 1. The Bertz CT molecular complexity index is 1080. The molecule has 0 fully saturated rings. The molecular formula is C19H22N6O3S. The summed E-state index contributed by atoms with van der Waals surface area (Å²) in [5.74, 6) is 0.0325. The molecule has 0 saturated heterocycles. The highest BCUT2D eigenvalue weighted by atomic mass is 32.2. The molecule has 3 aromatic rings. The number of nitrogens with one attached hydrogen (secondary N) is 1. The first-order valence-corrected chi connectivity index (χ1v) is 10.6. The average Bonchev–Trinajstić information content (AvgIpc) is 3.18. The molecule has 10 heteroatoms.